The van der Waals surface area contributed by atoms with E-state index in [2.05, 4.69) is 32.6 Å². The number of thiophene rings is 1. The molecule has 0 unspecified atom stereocenters. The standard InChI is InChI=1S/C13H13IN2O3S2/c1-2-15-21(18,19)11-6-4-3-5-10(11)16-13(17)9-7-12(14)20-8-9/h3-8,15H,2H2,1H3,(H,16,17). The maximum Gasteiger partial charge on any atom is 0.256 e. The lowest BCUT2D eigenvalue weighted by Crippen LogP contribution is -2.25. The third kappa shape index (κ3) is 4.02. The molecule has 0 saturated carbocycles. The molecule has 112 valence electrons. The fraction of sp³-hybridized carbons (Fsp3) is 0.154. The van der Waals surface area contributed by atoms with Crippen molar-refractivity contribution < 1.29 is 13.2 Å². The minimum atomic E-state index is -3.63. The lowest BCUT2D eigenvalue weighted by atomic mass is 10.3. The predicted molar refractivity (Wildman–Crippen MR) is 92.3 cm³/mol. The first-order chi connectivity index (χ1) is 9.94. The summed E-state index contributed by atoms with van der Waals surface area (Å²) in [4.78, 5) is 12.2. The Morgan fingerprint density at radius 3 is 2.67 bits per heavy atom. The topological polar surface area (TPSA) is 75.3 Å². The van der Waals surface area contributed by atoms with Gasteiger partial charge in [-0.15, -0.1) is 11.3 Å². The van der Waals surface area contributed by atoms with E-state index in [0.29, 0.717) is 5.56 Å². The lowest BCUT2D eigenvalue weighted by molar-refractivity contribution is 0.102. The van der Waals surface area contributed by atoms with Crippen LogP contribution in [0.4, 0.5) is 5.69 Å². The molecule has 0 fully saturated rings. The number of carbonyl (C=O) groups excluding carboxylic acids is 1. The van der Waals surface area contributed by atoms with E-state index in [1.165, 1.54) is 17.4 Å². The number of anilines is 1. The van der Waals surface area contributed by atoms with Crippen molar-refractivity contribution in [2.45, 2.75) is 11.8 Å². The van der Waals surface area contributed by atoms with Crippen molar-refractivity contribution in [3.05, 3.63) is 44.2 Å². The summed E-state index contributed by atoms with van der Waals surface area (Å²) in [7, 11) is -3.63. The molecule has 1 aromatic heterocycles. The van der Waals surface area contributed by atoms with Crippen molar-refractivity contribution in [3.63, 3.8) is 0 Å². The van der Waals surface area contributed by atoms with Gasteiger partial charge in [0.15, 0.2) is 0 Å². The van der Waals surface area contributed by atoms with E-state index in [4.69, 9.17) is 0 Å². The Morgan fingerprint density at radius 2 is 2.05 bits per heavy atom. The molecule has 0 saturated heterocycles. The molecule has 21 heavy (non-hydrogen) atoms. The van der Waals surface area contributed by atoms with E-state index in [9.17, 15) is 13.2 Å². The average molecular weight is 436 g/mol. The van der Waals surface area contributed by atoms with Gasteiger partial charge in [-0.25, -0.2) is 13.1 Å². The van der Waals surface area contributed by atoms with Crippen LogP contribution in [-0.4, -0.2) is 20.9 Å². The highest BCUT2D eigenvalue weighted by atomic mass is 127. The monoisotopic (exact) mass is 436 g/mol. The van der Waals surface area contributed by atoms with Gasteiger partial charge in [0.05, 0.1) is 14.1 Å². The summed E-state index contributed by atoms with van der Waals surface area (Å²) >= 11 is 3.58. The molecule has 5 nitrogen and oxygen atoms in total. The quantitative estimate of drug-likeness (QED) is 0.708. The number of amides is 1. The van der Waals surface area contributed by atoms with E-state index in [0.717, 1.165) is 2.88 Å². The van der Waals surface area contributed by atoms with Crippen LogP contribution in [0.2, 0.25) is 0 Å². The summed E-state index contributed by atoms with van der Waals surface area (Å²) in [6.07, 6.45) is 0. The van der Waals surface area contributed by atoms with Gasteiger partial charge in [0.25, 0.3) is 5.91 Å². The van der Waals surface area contributed by atoms with Crippen molar-refractivity contribution in [2.75, 3.05) is 11.9 Å². The zero-order valence-corrected chi connectivity index (χ0v) is 14.9. The molecule has 2 N–H and O–H groups in total. The Kier molecular flexibility index (Phi) is 5.36. The first-order valence-corrected chi connectivity index (χ1v) is 9.52. The van der Waals surface area contributed by atoms with Gasteiger partial charge in [-0.3, -0.25) is 4.79 Å². The first kappa shape index (κ1) is 16.4. The smallest absolute Gasteiger partial charge is 0.256 e. The SMILES string of the molecule is CCNS(=O)(=O)c1ccccc1NC(=O)c1csc(I)c1. The Bertz CT molecular complexity index is 756. The number of hydrogen-bond donors (Lipinski definition) is 2. The zero-order chi connectivity index (χ0) is 15.5. The van der Waals surface area contributed by atoms with Gasteiger partial charge in [0.2, 0.25) is 10.0 Å². The molecule has 1 aromatic carbocycles. The Labute approximate surface area is 141 Å². The van der Waals surface area contributed by atoms with Crippen LogP contribution >= 0.6 is 33.9 Å². The zero-order valence-electron chi connectivity index (χ0n) is 11.1. The van der Waals surface area contributed by atoms with Crippen molar-refractivity contribution in [2.24, 2.45) is 0 Å². The molecule has 1 amide bonds. The minimum absolute atomic E-state index is 0.0603. The van der Waals surface area contributed by atoms with Gasteiger partial charge in [-0.2, -0.15) is 0 Å². The molecule has 0 aliphatic heterocycles. The van der Waals surface area contributed by atoms with Crippen LogP contribution in [0.3, 0.4) is 0 Å². The Morgan fingerprint density at radius 1 is 1.33 bits per heavy atom. The molecule has 0 aliphatic carbocycles. The van der Waals surface area contributed by atoms with Crippen LogP contribution in [0.5, 0.6) is 0 Å². The molecule has 0 spiro atoms. The van der Waals surface area contributed by atoms with Gasteiger partial charge >= 0.3 is 0 Å². The van der Waals surface area contributed by atoms with E-state index in [1.54, 1.807) is 36.6 Å². The molecule has 0 radical (unpaired) electrons. The highest BCUT2D eigenvalue weighted by Gasteiger charge is 2.19. The summed E-state index contributed by atoms with van der Waals surface area (Å²) in [5.74, 6) is -0.326. The van der Waals surface area contributed by atoms with E-state index in [1.807, 2.05) is 0 Å². The van der Waals surface area contributed by atoms with Crippen molar-refractivity contribution in [1.29, 1.82) is 0 Å². The highest BCUT2D eigenvalue weighted by Crippen LogP contribution is 2.23. The van der Waals surface area contributed by atoms with Gasteiger partial charge < -0.3 is 5.32 Å². The number of sulfonamides is 1. The van der Waals surface area contributed by atoms with E-state index in [-0.39, 0.29) is 23.0 Å². The van der Waals surface area contributed by atoms with Gasteiger partial charge in [-0.1, -0.05) is 19.1 Å². The second kappa shape index (κ2) is 6.86. The maximum absolute atomic E-state index is 12.1. The summed E-state index contributed by atoms with van der Waals surface area (Å²) in [5.41, 5.74) is 0.782. The van der Waals surface area contributed by atoms with E-state index < -0.39 is 10.0 Å². The van der Waals surface area contributed by atoms with E-state index >= 15 is 0 Å². The first-order valence-electron chi connectivity index (χ1n) is 6.08. The van der Waals surface area contributed by atoms with Gasteiger partial charge in [-0.05, 0) is 40.8 Å². The molecule has 1 heterocycles. The number of nitrogens with one attached hydrogen (secondary N) is 2. The Hall–Kier alpha value is -0.970. The van der Waals surface area contributed by atoms with Crippen molar-refractivity contribution in [1.82, 2.24) is 4.72 Å². The number of carbonyl (C=O) groups is 1. The summed E-state index contributed by atoms with van der Waals surface area (Å²) in [5, 5.41) is 4.38. The van der Waals surface area contributed by atoms with Gasteiger partial charge in [0.1, 0.15) is 4.90 Å². The van der Waals surface area contributed by atoms with Crippen LogP contribution in [0.15, 0.2) is 40.6 Å². The molecule has 0 atom stereocenters. The number of hydrogen-bond acceptors (Lipinski definition) is 4. The normalized spacial score (nSPS) is 11.3. The molecular formula is C13H13IN2O3S2. The van der Waals surface area contributed by atoms with Crippen molar-refractivity contribution >= 4 is 55.5 Å². The number of halogens is 1. The molecule has 2 aromatic rings. The summed E-state index contributed by atoms with van der Waals surface area (Å²) in [6, 6.07) is 8.08. The number of benzene rings is 1. The lowest BCUT2D eigenvalue weighted by Gasteiger charge is -2.11. The number of rotatable bonds is 5. The fourth-order valence-electron chi connectivity index (χ4n) is 1.70. The molecule has 0 aliphatic rings. The highest BCUT2D eigenvalue weighted by molar-refractivity contribution is 14.1. The summed E-state index contributed by atoms with van der Waals surface area (Å²) < 4.78 is 27.6. The van der Waals surface area contributed by atoms with Gasteiger partial charge in [0, 0.05) is 11.9 Å². The number of para-hydroxylation sites is 1. The second-order valence-electron chi connectivity index (χ2n) is 4.09. The molecule has 8 heteroatoms. The average Bonchev–Trinajstić information content (AvgIpc) is 2.86. The fourth-order valence-corrected chi connectivity index (χ4v) is 4.22. The van der Waals surface area contributed by atoms with Crippen LogP contribution in [0.1, 0.15) is 17.3 Å². The third-order valence-corrected chi connectivity index (χ3v) is 5.98. The third-order valence-electron chi connectivity index (χ3n) is 2.59. The largest absolute Gasteiger partial charge is 0.321 e. The minimum Gasteiger partial charge on any atom is -0.321 e. The summed E-state index contributed by atoms with van der Waals surface area (Å²) in [6.45, 7) is 1.99. The van der Waals surface area contributed by atoms with Crippen LogP contribution in [-0.2, 0) is 10.0 Å². The molecular weight excluding hydrogens is 423 g/mol. The Balaban J connectivity index is 2.31. The molecule has 2 rings (SSSR count). The van der Waals surface area contributed by atoms with Crippen LogP contribution in [0, 0.1) is 2.88 Å². The second-order valence-corrected chi connectivity index (χ2v) is 8.63. The van der Waals surface area contributed by atoms with Crippen molar-refractivity contribution in [3.8, 4) is 0 Å². The van der Waals surface area contributed by atoms with Crippen LogP contribution < -0.4 is 10.0 Å². The maximum atomic E-state index is 12.1. The van der Waals surface area contributed by atoms with Crippen LogP contribution in [0.25, 0.3) is 0 Å². The predicted octanol–water partition coefficient (Wildman–Crippen LogP) is 2.90. The molecule has 0 bridgehead atoms.